The maximum atomic E-state index is 12.2. The van der Waals surface area contributed by atoms with Crippen LogP contribution in [0, 0.1) is 0 Å². The molecule has 1 aromatic carbocycles. The molecule has 0 aliphatic carbocycles. The molecule has 1 rings (SSSR count). The molecule has 0 aliphatic heterocycles. The Labute approximate surface area is 106 Å². The first-order valence-electron chi connectivity index (χ1n) is 4.76. The number of ether oxygens (including phenoxy) is 2. The molecule has 0 saturated carbocycles. The number of ketones is 1. The van der Waals surface area contributed by atoms with Crippen LogP contribution >= 0.6 is 15.9 Å². The Morgan fingerprint density at radius 2 is 2.06 bits per heavy atom. The highest BCUT2D eigenvalue weighted by atomic mass is 79.9. The molecule has 0 spiro atoms. The summed E-state index contributed by atoms with van der Waals surface area (Å²) in [5.74, 6) is 0.180. The number of alkyl halides is 3. The predicted octanol–water partition coefficient (Wildman–Crippen LogP) is 2.80. The molecule has 6 heteroatoms. The van der Waals surface area contributed by atoms with E-state index < -0.39 is 6.61 Å². The number of carbonyl (C=O) groups is 1. The molecule has 0 radical (unpaired) electrons. The van der Waals surface area contributed by atoms with Crippen molar-refractivity contribution in [3.63, 3.8) is 0 Å². The van der Waals surface area contributed by atoms with Crippen molar-refractivity contribution in [2.75, 3.05) is 12.4 Å². The van der Waals surface area contributed by atoms with Crippen molar-refractivity contribution < 1.29 is 23.0 Å². The van der Waals surface area contributed by atoms with Crippen LogP contribution in [0.1, 0.15) is 5.56 Å². The molecule has 1 aromatic rings. The van der Waals surface area contributed by atoms with Crippen LogP contribution in [-0.2, 0) is 11.2 Å². The van der Waals surface area contributed by atoms with E-state index >= 15 is 0 Å². The lowest BCUT2D eigenvalue weighted by atomic mass is 10.1. The van der Waals surface area contributed by atoms with E-state index in [0.29, 0.717) is 11.3 Å². The molecule has 0 atom stereocenters. The first-order valence-corrected chi connectivity index (χ1v) is 5.89. The molecule has 0 N–H and O–H groups in total. The summed E-state index contributed by atoms with van der Waals surface area (Å²) < 4.78 is 33.8. The van der Waals surface area contributed by atoms with E-state index in [0.717, 1.165) is 0 Å². The van der Waals surface area contributed by atoms with Crippen molar-refractivity contribution in [2.45, 2.75) is 13.0 Å². The molecule has 94 valence electrons. The monoisotopic (exact) mass is 308 g/mol. The predicted molar refractivity (Wildman–Crippen MR) is 62.1 cm³/mol. The SMILES string of the molecule is COc1cccc(OC(F)F)c1CC(=O)CBr. The maximum Gasteiger partial charge on any atom is 0.387 e. The Morgan fingerprint density at radius 3 is 2.59 bits per heavy atom. The van der Waals surface area contributed by atoms with Gasteiger partial charge >= 0.3 is 6.61 Å². The Kier molecular flexibility index (Phi) is 5.34. The van der Waals surface area contributed by atoms with Crippen molar-refractivity contribution in [3.8, 4) is 11.5 Å². The van der Waals surface area contributed by atoms with Gasteiger partial charge in [-0.25, -0.2) is 0 Å². The molecule has 0 fully saturated rings. The summed E-state index contributed by atoms with van der Waals surface area (Å²) in [5, 5.41) is 0.152. The van der Waals surface area contributed by atoms with Gasteiger partial charge in [-0.15, -0.1) is 0 Å². The fourth-order valence-corrected chi connectivity index (χ4v) is 1.56. The number of hydrogen-bond donors (Lipinski definition) is 0. The quantitative estimate of drug-likeness (QED) is 0.758. The zero-order valence-corrected chi connectivity index (χ0v) is 10.7. The van der Waals surface area contributed by atoms with Crippen molar-refractivity contribution in [1.29, 1.82) is 0 Å². The van der Waals surface area contributed by atoms with Gasteiger partial charge < -0.3 is 9.47 Å². The van der Waals surface area contributed by atoms with Gasteiger partial charge in [0.05, 0.1) is 12.4 Å². The van der Waals surface area contributed by atoms with E-state index in [9.17, 15) is 13.6 Å². The van der Waals surface area contributed by atoms with Crippen LogP contribution in [0.3, 0.4) is 0 Å². The van der Waals surface area contributed by atoms with E-state index in [1.165, 1.54) is 19.2 Å². The van der Waals surface area contributed by atoms with Crippen LogP contribution in [0.15, 0.2) is 18.2 Å². The summed E-state index contributed by atoms with van der Waals surface area (Å²) in [5.41, 5.74) is 0.333. The Balaban J connectivity index is 3.06. The molecule has 0 heterocycles. The lowest BCUT2D eigenvalue weighted by molar-refractivity contribution is -0.116. The molecule has 0 saturated heterocycles. The summed E-state index contributed by atoms with van der Waals surface area (Å²) in [6.45, 7) is -2.93. The highest BCUT2D eigenvalue weighted by molar-refractivity contribution is 9.09. The van der Waals surface area contributed by atoms with E-state index in [-0.39, 0.29) is 23.3 Å². The van der Waals surface area contributed by atoms with Crippen molar-refractivity contribution in [3.05, 3.63) is 23.8 Å². The molecule has 0 aromatic heterocycles. The van der Waals surface area contributed by atoms with E-state index in [4.69, 9.17) is 4.74 Å². The minimum Gasteiger partial charge on any atom is -0.496 e. The molecular weight excluding hydrogens is 298 g/mol. The van der Waals surface area contributed by atoms with E-state index in [1.54, 1.807) is 6.07 Å². The van der Waals surface area contributed by atoms with Crippen molar-refractivity contribution >= 4 is 21.7 Å². The number of carbonyl (C=O) groups excluding carboxylic acids is 1. The molecular formula is C11H11BrF2O3. The van der Waals surface area contributed by atoms with Gasteiger partial charge in [-0.2, -0.15) is 8.78 Å². The van der Waals surface area contributed by atoms with Crippen LogP contribution in [0.2, 0.25) is 0 Å². The average molecular weight is 309 g/mol. The van der Waals surface area contributed by atoms with Crippen LogP contribution < -0.4 is 9.47 Å². The third-order valence-electron chi connectivity index (χ3n) is 2.05. The van der Waals surface area contributed by atoms with Crippen molar-refractivity contribution in [1.82, 2.24) is 0 Å². The number of halogens is 3. The Hall–Kier alpha value is -1.17. The zero-order chi connectivity index (χ0) is 12.8. The van der Waals surface area contributed by atoms with Crippen LogP contribution in [-0.4, -0.2) is 24.8 Å². The number of rotatable bonds is 6. The Morgan fingerprint density at radius 1 is 1.41 bits per heavy atom. The minimum absolute atomic E-state index is 0.0166. The van der Waals surface area contributed by atoms with Gasteiger partial charge in [0.1, 0.15) is 17.3 Å². The molecule has 0 amide bonds. The lowest BCUT2D eigenvalue weighted by Gasteiger charge is -2.13. The first-order chi connectivity index (χ1) is 8.08. The van der Waals surface area contributed by atoms with E-state index in [1.807, 2.05) is 0 Å². The highest BCUT2D eigenvalue weighted by Gasteiger charge is 2.16. The average Bonchev–Trinajstić information content (AvgIpc) is 2.30. The fourth-order valence-electron chi connectivity index (χ4n) is 1.36. The molecule has 0 aliphatic rings. The third kappa shape index (κ3) is 3.96. The van der Waals surface area contributed by atoms with Gasteiger partial charge in [0, 0.05) is 12.0 Å². The maximum absolute atomic E-state index is 12.2. The van der Waals surface area contributed by atoms with Gasteiger partial charge in [-0.1, -0.05) is 22.0 Å². The first kappa shape index (κ1) is 13.9. The standard InChI is InChI=1S/C11H11BrF2O3/c1-16-9-3-2-4-10(17-11(13)14)8(9)5-7(15)6-12/h2-4,11H,5-6H2,1H3. The minimum atomic E-state index is -2.93. The second-order valence-corrected chi connectivity index (χ2v) is 3.73. The highest BCUT2D eigenvalue weighted by Crippen LogP contribution is 2.30. The second-order valence-electron chi connectivity index (χ2n) is 3.16. The van der Waals surface area contributed by atoms with Gasteiger partial charge in [0.15, 0.2) is 0 Å². The van der Waals surface area contributed by atoms with Gasteiger partial charge in [0.25, 0.3) is 0 Å². The molecule has 17 heavy (non-hydrogen) atoms. The molecule has 3 nitrogen and oxygen atoms in total. The van der Waals surface area contributed by atoms with Crippen LogP contribution in [0.5, 0.6) is 11.5 Å². The summed E-state index contributed by atoms with van der Waals surface area (Å²) in [7, 11) is 1.41. The smallest absolute Gasteiger partial charge is 0.387 e. The molecule has 0 bridgehead atoms. The normalized spacial score (nSPS) is 10.4. The third-order valence-corrected chi connectivity index (χ3v) is 2.67. The van der Waals surface area contributed by atoms with Gasteiger partial charge in [-0.05, 0) is 12.1 Å². The summed E-state index contributed by atoms with van der Waals surface area (Å²) in [4.78, 5) is 11.3. The number of methoxy groups -OCH3 is 1. The number of benzene rings is 1. The second kappa shape index (κ2) is 6.54. The largest absolute Gasteiger partial charge is 0.496 e. The zero-order valence-electron chi connectivity index (χ0n) is 9.08. The van der Waals surface area contributed by atoms with E-state index in [2.05, 4.69) is 20.7 Å². The topological polar surface area (TPSA) is 35.5 Å². The fraction of sp³-hybridized carbons (Fsp3) is 0.364. The van der Waals surface area contributed by atoms with Crippen molar-refractivity contribution in [2.24, 2.45) is 0 Å². The van der Waals surface area contributed by atoms with Crippen LogP contribution in [0.25, 0.3) is 0 Å². The summed E-state index contributed by atoms with van der Waals surface area (Å²) >= 11 is 3.01. The summed E-state index contributed by atoms with van der Waals surface area (Å²) in [6, 6.07) is 4.50. The Bertz CT molecular complexity index is 396. The molecule has 0 unspecified atom stereocenters. The lowest BCUT2D eigenvalue weighted by Crippen LogP contribution is -2.10. The summed E-state index contributed by atoms with van der Waals surface area (Å²) in [6.07, 6.45) is -0.0166. The number of Topliss-reactive ketones (excluding diaryl/α,β-unsaturated/α-hetero) is 1. The number of hydrogen-bond acceptors (Lipinski definition) is 3. The van der Waals surface area contributed by atoms with Gasteiger partial charge in [-0.3, -0.25) is 4.79 Å². The van der Waals surface area contributed by atoms with Crippen LogP contribution in [0.4, 0.5) is 8.78 Å². The van der Waals surface area contributed by atoms with Gasteiger partial charge in [0.2, 0.25) is 0 Å².